The Morgan fingerprint density at radius 1 is 1.50 bits per heavy atom. The molecule has 0 saturated carbocycles. The van der Waals surface area contributed by atoms with Crippen LogP contribution >= 0.6 is 34.8 Å². The van der Waals surface area contributed by atoms with Crippen LogP contribution < -0.4 is 5.32 Å². The van der Waals surface area contributed by atoms with Crippen molar-refractivity contribution < 1.29 is 9.53 Å². The van der Waals surface area contributed by atoms with Gasteiger partial charge in [0, 0.05) is 25.5 Å². The van der Waals surface area contributed by atoms with E-state index in [1.165, 1.54) is 0 Å². The molecule has 0 fully saturated rings. The third-order valence-electron chi connectivity index (χ3n) is 3.32. The predicted octanol–water partition coefficient (Wildman–Crippen LogP) is 3.91. The molecule has 0 saturated heterocycles. The average Bonchev–Trinajstić information content (AvgIpc) is 3.01. The molecule has 0 aliphatic heterocycles. The van der Waals surface area contributed by atoms with Gasteiger partial charge in [-0.3, -0.25) is 5.32 Å². The summed E-state index contributed by atoms with van der Waals surface area (Å²) in [6.07, 6.45) is 8.32. The molecule has 1 atom stereocenters. The van der Waals surface area contributed by atoms with E-state index in [2.05, 4.69) is 15.3 Å². The number of allylic oxidation sites excluding steroid dienone is 2. The molecule has 1 aliphatic carbocycles. The van der Waals surface area contributed by atoms with E-state index in [9.17, 15) is 4.79 Å². The zero-order valence-corrected chi connectivity index (χ0v) is 15.4. The molecule has 1 unspecified atom stereocenters. The van der Waals surface area contributed by atoms with Crippen molar-refractivity contribution in [1.82, 2.24) is 14.9 Å². The molecule has 6 nitrogen and oxygen atoms in total. The molecule has 1 aromatic rings. The Bertz CT molecular complexity index is 602. The highest BCUT2D eigenvalue weighted by Crippen LogP contribution is 2.37. The van der Waals surface area contributed by atoms with Crippen LogP contribution in [-0.2, 0) is 4.74 Å². The number of nitrogens with zero attached hydrogens (tertiary/aromatic N) is 2. The molecule has 0 aromatic carbocycles. The number of halogens is 3. The summed E-state index contributed by atoms with van der Waals surface area (Å²) < 4.78 is 4.49. The molecule has 0 spiro atoms. The molecule has 1 aromatic heterocycles. The van der Waals surface area contributed by atoms with Crippen LogP contribution in [0, 0.1) is 0 Å². The van der Waals surface area contributed by atoms with Crippen LogP contribution in [0.1, 0.15) is 13.3 Å². The first-order valence-corrected chi connectivity index (χ1v) is 8.67. The number of amides is 2. The Labute approximate surface area is 155 Å². The minimum absolute atomic E-state index is 0.245. The normalized spacial score (nSPS) is 19.0. The summed E-state index contributed by atoms with van der Waals surface area (Å²) in [5.74, 6) is 0.394. The summed E-state index contributed by atoms with van der Waals surface area (Å²) in [4.78, 5) is 20.7. The Morgan fingerprint density at radius 2 is 2.29 bits per heavy atom. The number of carbonyl (C=O) groups is 1. The highest BCUT2D eigenvalue weighted by Gasteiger charge is 2.37. The molecule has 2 rings (SSSR count). The fourth-order valence-electron chi connectivity index (χ4n) is 2.20. The van der Waals surface area contributed by atoms with Crippen LogP contribution in [0.4, 0.5) is 10.7 Å². The van der Waals surface area contributed by atoms with Crippen molar-refractivity contribution in [3.05, 3.63) is 35.7 Å². The zero-order chi connectivity index (χ0) is 17.6. The zero-order valence-electron chi connectivity index (χ0n) is 13.1. The van der Waals surface area contributed by atoms with E-state index in [0.29, 0.717) is 24.1 Å². The third-order valence-corrected chi connectivity index (χ3v) is 4.30. The molecule has 2 amide bonds. The molecule has 9 heteroatoms. The second-order valence-electron chi connectivity index (χ2n) is 5.19. The van der Waals surface area contributed by atoms with Crippen molar-refractivity contribution in [2.75, 3.05) is 25.0 Å². The molecule has 0 radical (unpaired) electrons. The number of aromatic nitrogens is 2. The van der Waals surface area contributed by atoms with Gasteiger partial charge in [0.05, 0.1) is 11.6 Å². The number of urea groups is 1. The van der Waals surface area contributed by atoms with Gasteiger partial charge in [0.1, 0.15) is 6.10 Å². The average molecular weight is 394 g/mol. The number of rotatable bonds is 7. The number of alkyl halides is 2. The number of anilines is 1. The smallest absolute Gasteiger partial charge is 0.324 e. The van der Waals surface area contributed by atoms with Crippen LogP contribution in [-0.4, -0.2) is 51.0 Å². The summed E-state index contributed by atoms with van der Waals surface area (Å²) in [5.41, 5.74) is 0. The number of hydrogen-bond acceptors (Lipinski definition) is 3. The van der Waals surface area contributed by atoms with Crippen LogP contribution in [0.25, 0.3) is 0 Å². The maximum Gasteiger partial charge on any atom is 0.324 e. The van der Waals surface area contributed by atoms with E-state index in [-0.39, 0.29) is 12.6 Å². The predicted molar refractivity (Wildman–Crippen MR) is 96.7 cm³/mol. The van der Waals surface area contributed by atoms with Crippen LogP contribution in [0.2, 0.25) is 0 Å². The van der Waals surface area contributed by atoms with Crippen molar-refractivity contribution in [3.8, 4) is 0 Å². The number of H-pyrrole nitrogens is 1. The molecule has 1 heterocycles. The van der Waals surface area contributed by atoms with Gasteiger partial charge in [0.15, 0.2) is 4.33 Å². The minimum atomic E-state index is -1.22. The van der Waals surface area contributed by atoms with Gasteiger partial charge in [-0.2, -0.15) is 0 Å². The fourth-order valence-corrected chi connectivity index (χ4v) is 3.12. The second kappa shape index (κ2) is 8.76. The maximum atomic E-state index is 12.3. The lowest BCUT2D eigenvalue weighted by atomic mass is 10.1. The van der Waals surface area contributed by atoms with Crippen LogP contribution in [0.15, 0.2) is 35.7 Å². The van der Waals surface area contributed by atoms with E-state index >= 15 is 0 Å². The van der Waals surface area contributed by atoms with Crippen molar-refractivity contribution in [1.29, 1.82) is 0 Å². The Morgan fingerprint density at radius 3 is 2.92 bits per heavy atom. The Kier molecular flexibility index (Phi) is 6.98. The van der Waals surface area contributed by atoms with Gasteiger partial charge in [0.25, 0.3) is 0 Å². The van der Waals surface area contributed by atoms with Gasteiger partial charge < -0.3 is 14.6 Å². The number of nitrogens with one attached hydrogen (secondary N) is 2. The van der Waals surface area contributed by atoms with Crippen LogP contribution in [0.3, 0.4) is 0 Å². The minimum Gasteiger partial charge on any atom is -0.367 e. The molecule has 24 heavy (non-hydrogen) atoms. The SMILES string of the molecule is CCCN(CCOC1C(Cl)=CC=CC1(Cl)Cl)C(=O)Nc1ncc[nH]1. The van der Waals surface area contributed by atoms with E-state index in [0.717, 1.165) is 6.42 Å². The van der Waals surface area contributed by atoms with Crippen molar-refractivity contribution in [2.24, 2.45) is 0 Å². The summed E-state index contributed by atoms with van der Waals surface area (Å²) in [6.45, 7) is 3.18. The molecular formula is C15H19Cl3N4O2. The molecule has 132 valence electrons. The van der Waals surface area contributed by atoms with Crippen molar-refractivity contribution >= 4 is 46.8 Å². The van der Waals surface area contributed by atoms with Gasteiger partial charge in [-0.25, -0.2) is 9.78 Å². The van der Waals surface area contributed by atoms with Crippen molar-refractivity contribution in [2.45, 2.75) is 23.8 Å². The summed E-state index contributed by atoms with van der Waals surface area (Å²) in [6, 6.07) is -0.261. The first-order chi connectivity index (χ1) is 11.4. The fraction of sp³-hybridized carbons (Fsp3) is 0.467. The first kappa shape index (κ1) is 19.1. The summed E-state index contributed by atoms with van der Waals surface area (Å²) in [7, 11) is 0. The van der Waals surface area contributed by atoms with Gasteiger partial charge >= 0.3 is 6.03 Å². The standard InChI is InChI=1S/C15H19Cl3N4O2/c1-2-8-22(14(23)21-13-19-6-7-20-13)9-10-24-12-11(16)4-3-5-15(12,17)18/h3-7,12H,2,8-10H2,1H3,(H2,19,20,21,23). The number of imidazole rings is 1. The highest BCUT2D eigenvalue weighted by molar-refractivity contribution is 6.51. The third kappa shape index (κ3) is 5.14. The quantitative estimate of drug-likeness (QED) is 0.690. The van der Waals surface area contributed by atoms with E-state index in [1.807, 2.05) is 6.92 Å². The maximum absolute atomic E-state index is 12.3. The Balaban J connectivity index is 1.88. The van der Waals surface area contributed by atoms with E-state index in [4.69, 9.17) is 39.5 Å². The van der Waals surface area contributed by atoms with E-state index < -0.39 is 10.4 Å². The molecule has 1 aliphatic rings. The van der Waals surface area contributed by atoms with Crippen LogP contribution in [0.5, 0.6) is 0 Å². The highest BCUT2D eigenvalue weighted by atomic mass is 35.5. The lowest BCUT2D eigenvalue weighted by Crippen LogP contribution is -2.40. The van der Waals surface area contributed by atoms with Gasteiger partial charge in [-0.05, 0) is 18.6 Å². The van der Waals surface area contributed by atoms with Gasteiger partial charge in [-0.15, -0.1) is 0 Å². The second-order valence-corrected chi connectivity index (χ2v) is 7.07. The monoisotopic (exact) mass is 392 g/mol. The van der Waals surface area contributed by atoms with E-state index in [1.54, 1.807) is 35.5 Å². The molecule has 2 N–H and O–H groups in total. The van der Waals surface area contributed by atoms with Crippen molar-refractivity contribution in [3.63, 3.8) is 0 Å². The van der Waals surface area contributed by atoms with Gasteiger partial charge in [-0.1, -0.05) is 47.8 Å². The number of carbonyl (C=O) groups excluding carboxylic acids is 1. The molecular weight excluding hydrogens is 375 g/mol. The number of hydrogen-bond donors (Lipinski definition) is 2. The largest absolute Gasteiger partial charge is 0.367 e. The van der Waals surface area contributed by atoms with Gasteiger partial charge in [0.2, 0.25) is 5.95 Å². The first-order valence-electron chi connectivity index (χ1n) is 7.53. The number of ether oxygens (including phenoxy) is 1. The Hall–Kier alpha value is -1.21. The summed E-state index contributed by atoms with van der Waals surface area (Å²) in [5, 5.41) is 3.11. The molecule has 0 bridgehead atoms. The lowest BCUT2D eigenvalue weighted by molar-refractivity contribution is 0.0656. The number of aromatic amines is 1. The summed E-state index contributed by atoms with van der Waals surface area (Å²) >= 11 is 18.5. The topological polar surface area (TPSA) is 70.2 Å². The lowest BCUT2D eigenvalue weighted by Gasteiger charge is -2.30.